The molecule has 1 N–H and O–H groups in total. The summed E-state index contributed by atoms with van der Waals surface area (Å²) in [6, 6.07) is 14.5. The molecular formula is C19H20N2O4. The Kier molecular flexibility index (Phi) is 4.88. The highest BCUT2D eigenvalue weighted by molar-refractivity contribution is 6.03. The second-order valence-electron chi connectivity index (χ2n) is 5.80. The van der Waals surface area contributed by atoms with Crippen molar-refractivity contribution in [3.63, 3.8) is 0 Å². The summed E-state index contributed by atoms with van der Waals surface area (Å²) in [5, 5.41) is 2.85. The van der Waals surface area contributed by atoms with Crippen molar-refractivity contribution >= 4 is 23.2 Å². The van der Waals surface area contributed by atoms with Crippen LogP contribution in [0.2, 0.25) is 0 Å². The molecule has 0 aliphatic carbocycles. The van der Waals surface area contributed by atoms with Gasteiger partial charge < -0.3 is 19.7 Å². The quantitative estimate of drug-likeness (QED) is 0.909. The van der Waals surface area contributed by atoms with E-state index >= 15 is 0 Å². The van der Waals surface area contributed by atoms with Crippen molar-refractivity contribution in [2.75, 3.05) is 31.0 Å². The highest BCUT2D eigenvalue weighted by Crippen LogP contribution is 2.31. The molecule has 1 unspecified atom stereocenters. The lowest BCUT2D eigenvalue weighted by atomic mass is 10.1. The summed E-state index contributed by atoms with van der Waals surface area (Å²) in [5.74, 6) is 0.501. The third kappa shape index (κ3) is 3.57. The molecule has 0 aromatic heterocycles. The fraction of sp³-hybridized carbons (Fsp3) is 0.263. The molecular weight excluding hydrogens is 320 g/mol. The van der Waals surface area contributed by atoms with Gasteiger partial charge in [-0.3, -0.25) is 9.59 Å². The van der Waals surface area contributed by atoms with Gasteiger partial charge in [-0.15, -0.1) is 0 Å². The van der Waals surface area contributed by atoms with E-state index < -0.39 is 5.92 Å². The fourth-order valence-corrected chi connectivity index (χ4v) is 2.88. The van der Waals surface area contributed by atoms with Gasteiger partial charge >= 0.3 is 0 Å². The fourth-order valence-electron chi connectivity index (χ4n) is 2.88. The second-order valence-corrected chi connectivity index (χ2v) is 5.80. The number of benzene rings is 2. The van der Waals surface area contributed by atoms with Crippen LogP contribution < -0.4 is 19.7 Å². The van der Waals surface area contributed by atoms with Crippen LogP contribution in [0.1, 0.15) is 6.42 Å². The van der Waals surface area contributed by atoms with Gasteiger partial charge in [-0.2, -0.15) is 0 Å². The minimum atomic E-state index is -0.403. The molecule has 6 nitrogen and oxygen atoms in total. The summed E-state index contributed by atoms with van der Waals surface area (Å²) in [4.78, 5) is 26.5. The van der Waals surface area contributed by atoms with Gasteiger partial charge in [0.15, 0.2) is 0 Å². The average molecular weight is 340 g/mol. The van der Waals surface area contributed by atoms with Gasteiger partial charge in [0, 0.05) is 24.7 Å². The zero-order valence-corrected chi connectivity index (χ0v) is 14.2. The first-order valence-corrected chi connectivity index (χ1v) is 8.00. The number of nitrogens with one attached hydrogen (secondary N) is 1. The number of methoxy groups -OCH3 is 2. The average Bonchev–Trinajstić information content (AvgIpc) is 3.04. The topological polar surface area (TPSA) is 67.9 Å². The molecule has 1 fully saturated rings. The maximum absolute atomic E-state index is 12.6. The minimum Gasteiger partial charge on any atom is -0.497 e. The first kappa shape index (κ1) is 16.8. The molecule has 1 aliphatic heterocycles. The molecule has 2 aromatic rings. The van der Waals surface area contributed by atoms with Crippen LogP contribution in [0.3, 0.4) is 0 Å². The van der Waals surface area contributed by atoms with E-state index in [1.165, 1.54) is 7.11 Å². The summed E-state index contributed by atoms with van der Waals surface area (Å²) >= 11 is 0. The van der Waals surface area contributed by atoms with E-state index in [-0.39, 0.29) is 18.2 Å². The van der Waals surface area contributed by atoms with E-state index in [1.807, 2.05) is 30.3 Å². The first-order chi connectivity index (χ1) is 12.1. The van der Waals surface area contributed by atoms with Gasteiger partial charge in [-0.1, -0.05) is 18.2 Å². The number of rotatable bonds is 5. The Hall–Kier alpha value is -3.02. The molecule has 3 rings (SSSR count). The van der Waals surface area contributed by atoms with Crippen molar-refractivity contribution in [1.82, 2.24) is 0 Å². The van der Waals surface area contributed by atoms with Gasteiger partial charge in [-0.25, -0.2) is 0 Å². The van der Waals surface area contributed by atoms with Gasteiger partial charge in [0.05, 0.1) is 25.8 Å². The second kappa shape index (κ2) is 7.25. The molecule has 1 atom stereocenters. The number of ether oxygens (including phenoxy) is 2. The molecule has 0 spiro atoms. The van der Waals surface area contributed by atoms with Crippen molar-refractivity contribution in [2.45, 2.75) is 6.42 Å². The van der Waals surface area contributed by atoms with E-state index in [2.05, 4.69) is 5.32 Å². The van der Waals surface area contributed by atoms with Crippen molar-refractivity contribution in [2.24, 2.45) is 5.92 Å². The van der Waals surface area contributed by atoms with Crippen LogP contribution in [0.4, 0.5) is 11.4 Å². The molecule has 0 bridgehead atoms. The molecule has 1 heterocycles. The van der Waals surface area contributed by atoms with Gasteiger partial charge in [0.25, 0.3) is 0 Å². The van der Waals surface area contributed by atoms with Crippen LogP contribution in [-0.2, 0) is 9.59 Å². The Morgan fingerprint density at radius 3 is 2.56 bits per heavy atom. The predicted molar refractivity (Wildman–Crippen MR) is 95.1 cm³/mol. The van der Waals surface area contributed by atoms with Crippen molar-refractivity contribution in [3.8, 4) is 11.5 Å². The maximum atomic E-state index is 12.6. The SMILES string of the molecule is COc1ccc(NC(=O)C2CC(=O)N(c3ccccc3)C2)c(OC)c1. The standard InChI is InChI=1S/C19H20N2O4/c1-24-15-8-9-16(17(11-15)25-2)20-19(23)13-10-18(22)21(12-13)14-6-4-3-5-7-14/h3-9,11,13H,10,12H2,1-2H3,(H,20,23). The van der Waals surface area contributed by atoms with Crippen LogP contribution in [0.5, 0.6) is 11.5 Å². The number of amides is 2. The molecule has 1 saturated heterocycles. The third-order valence-corrected chi connectivity index (χ3v) is 4.23. The minimum absolute atomic E-state index is 0.0481. The number of nitrogens with zero attached hydrogens (tertiary/aromatic N) is 1. The van der Waals surface area contributed by atoms with Gasteiger partial charge in [-0.05, 0) is 24.3 Å². The van der Waals surface area contributed by atoms with Gasteiger partial charge in [0.1, 0.15) is 11.5 Å². The molecule has 1 aliphatic rings. The normalized spacial score (nSPS) is 16.6. The van der Waals surface area contributed by atoms with E-state index in [4.69, 9.17) is 9.47 Å². The van der Waals surface area contributed by atoms with Crippen molar-refractivity contribution < 1.29 is 19.1 Å². The molecule has 2 amide bonds. The van der Waals surface area contributed by atoms with Crippen LogP contribution in [-0.4, -0.2) is 32.6 Å². The third-order valence-electron chi connectivity index (χ3n) is 4.23. The summed E-state index contributed by atoms with van der Waals surface area (Å²) in [5.41, 5.74) is 1.36. The molecule has 0 saturated carbocycles. The van der Waals surface area contributed by atoms with Crippen molar-refractivity contribution in [1.29, 1.82) is 0 Å². The number of carbonyl (C=O) groups excluding carboxylic acids is 2. The monoisotopic (exact) mass is 340 g/mol. The number of anilines is 2. The maximum Gasteiger partial charge on any atom is 0.229 e. The number of carbonyl (C=O) groups is 2. The highest BCUT2D eigenvalue weighted by Gasteiger charge is 2.35. The number of hydrogen-bond acceptors (Lipinski definition) is 4. The van der Waals surface area contributed by atoms with Crippen LogP contribution in [0.25, 0.3) is 0 Å². The Morgan fingerprint density at radius 1 is 1.12 bits per heavy atom. The Bertz CT molecular complexity index is 776. The van der Waals surface area contributed by atoms with Crippen LogP contribution in [0, 0.1) is 5.92 Å². The predicted octanol–water partition coefficient (Wildman–Crippen LogP) is 2.70. The Morgan fingerprint density at radius 2 is 1.88 bits per heavy atom. The zero-order valence-electron chi connectivity index (χ0n) is 14.2. The smallest absolute Gasteiger partial charge is 0.229 e. The number of hydrogen-bond donors (Lipinski definition) is 1. The highest BCUT2D eigenvalue weighted by atomic mass is 16.5. The Balaban J connectivity index is 1.71. The molecule has 6 heteroatoms. The molecule has 25 heavy (non-hydrogen) atoms. The largest absolute Gasteiger partial charge is 0.497 e. The zero-order chi connectivity index (χ0) is 17.8. The molecule has 130 valence electrons. The van der Waals surface area contributed by atoms with Gasteiger partial charge in [0.2, 0.25) is 11.8 Å². The van der Waals surface area contributed by atoms with E-state index in [0.717, 1.165) is 5.69 Å². The summed E-state index contributed by atoms with van der Waals surface area (Å²) in [6.07, 6.45) is 0.194. The lowest BCUT2D eigenvalue weighted by Crippen LogP contribution is -2.28. The van der Waals surface area contributed by atoms with E-state index in [1.54, 1.807) is 30.2 Å². The van der Waals surface area contributed by atoms with E-state index in [0.29, 0.717) is 23.7 Å². The lowest BCUT2D eigenvalue weighted by molar-refractivity contribution is -0.122. The van der Waals surface area contributed by atoms with Crippen molar-refractivity contribution in [3.05, 3.63) is 48.5 Å². The number of para-hydroxylation sites is 1. The Labute approximate surface area is 146 Å². The molecule has 0 radical (unpaired) electrons. The summed E-state index contributed by atoms with van der Waals surface area (Å²) in [7, 11) is 3.09. The van der Waals surface area contributed by atoms with Crippen LogP contribution >= 0.6 is 0 Å². The molecule has 2 aromatic carbocycles. The summed E-state index contributed by atoms with van der Waals surface area (Å²) in [6.45, 7) is 0.368. The first-order valence-electron chi connectivity index (χ1n) is 8.00. The van der Waals surface area contributed by atoms with E-state index in [9.17, 15) is 9.59 Å². The lowest BCUT2D eigenvalue weighted by Gasteiger charge is -2.17. The summed E-state index contributed by atoms with van der Waals surface area (Å²) < 4.78 is 10.4. The van der Waals surface area contributed by atoms with Crippen LogP contribution in [0.15, 0.2) is 48.5 Å².